The van der Waals surface area contributed by atoms with Crippen LogP contribution in [-0.2, 0) is 4.79 Å². The quantitative estimate of drug-likeness (QED) is 0.771. The Morgan fingerprint density at radius 2 is 1.88 bits per heavy atom. The zero-order chi connectivity index (χ0) is 13.1. The van der Waals surface area contributed by atoms with E-state index in [2.05, 4.69) is 17.1 Å². The predicted molar refractivity (Wildman–Crippen MR) is 70.7 cm³/mol. The van der Waals surface area contributed by atoms with Crippen molar-refractivity contribution in [2.45, 2.75) is 52.6 Å². The minimum Gasteiger partial charge on any atom is -0.353 e. The van der Waals surface area contributed by atoms with Gasteiger partial charge in [0.15, 0.2) is 0 Å². The average Bonchev–Trinajstić information content (AvgIpc) is 2.76. The molecule has 1 heterocycles. The van der Waals surface area contributed by atoms with Gasteiger partial charge in [-0.25, -0.2) is 0 Å². The van der Waals surface area contributed by atoms with Gasteiger partial charge in [-0.15, -0.1) is 0 Å². The van der Waals surface area contributed by atoms with Crippen LogP contribution in [0.5, 0.6) is 0 Å². The van der Waals surface area contributed by atoms with Crippen LogP contribution >= 0.6 is 0 Å². The van der Waals surface area contributed by atoms with Gasteiger partial charge in [0.1, 0.15) is 0 Å². The molecule has 4 heteroatoms. The largest absolute Gasteiger partial charge is 0.353 e. The van der Waals surface area contributed by atoms with Crippen molar-refractivity contribution in [2.24, 2.45) is 11.1 Å². The summed E-state index contributed by atoms with van der Waals surface area (Å²) >= 11 is 0. The summed E-state index contributed by atoms with van der Waals surface area (Å²) in [7, 11) is 0. The van der Waals surface area contributed by atoms with Crippen LogP contribution in [0.2, 0.25) is 0 Å². The Balaban J connectivity index is 2.32. The Hall–Kier alpha value is -0.610. The van der Waals surface area contributed by atoms with E-state index in [1.807, 2.05) is 20.8 Å². The molecular formula is C13H27N3O. The molecule has 1 fully saturated rings. The van der Waals surface area contributed by atoms with Crippen molar-refractivity contribution in [2.75, 3.05) is 19.6 Å². The van der Waals surface area contributed by atoms with Crippen molar-refractivity contribution in [1.29, 1.82) is 0 Å². The summed E-state index contributed by atoms with van der Waals surface area (Å²) in [6.45, 7) is 11.1. The van der Waals surface area contributed by atoms with Crippen LogP contribution in [0.1, 0.15) is 40.5 Å². The summed E-state index contributed by atoms with van der Waals surface area (Å²) in [6, 6.07) is -0.0260. The Kier molecular flexibility index (Phi) is 4.95. The molecule has 3 N–H and O–H groups in total. The summed E-state index contributed by atoms with van der Waals surface area (Å²) in [6.07, 6.45) is 2.56. The predicted octanol–water partition coefficient (Wildman–Crippen LogP) is 0.960. The van der Waals surface area contributed by atoms with E-state index in [1.165, 1.54) is 12.8 Å². The lowest BCUT2D eigenvalue weighted by molar-refractivity contribution is -0.124. The van der Waals surface area contributed by atoms with Crippen molar-refractivity contribution < 1.29 is 4.79 Å². The van der Waals surface area contributed by atoms with E-state index in [4.69, 9.17) is 5.73 Å². The minimum atomic E-state index is -0.437. The van der Waals surface area contributed by atoms with Gasteiger partial charge in [-0.05, 0) is 38.3 Å². The highest BCUT2D eigenvalue weighted by molar-refractivity contribution is 5.82. The molecule has 1 amide bonds. The Morgan fingerprint density at radius 1 is 1.35 bits per heavy atom. The lowest BCUT2D eigenvalue weighted by atomic mass is 9.87. The molecule has 1 saturated heterocycles. The number of hydrogen-bond acceptors (Lipinski definition) is 3. The summed E-state index contributed by atoms with van der Waals surface area (Å²) in [5.74, 6) is -0.0384. The van der Waals surface area contributed by atoms with Gasteiger partial charge in [-0.1, -0.05) is 20.8 Å². The second-order valence-corrected chi connectivity index (χ2v) is 6.18. The maximum absolute atomic E-state index is 11.9. The van der Waals surface area contributed by atoms with Gasteiger partial charge in [-0.3, -0.25) is 9.69 Å². The first-order chi connectivity index (χ1) is 7.82. The third-order valence-electron chi connectivity index (χ3n) is 3.55. The second-order valence-electron chi connectivity index (χ2n) is 6.18. The highest BCUT2D eigenvalue weighted by atomic mass is 16.2. The van der Waals surface area contributed by atoms with E-state index in [0.717, 1.165) is 13.1 Å². The molecule has 1 unspecified atom stereocenters. The SMILES string of the molecule is CC(CNC(=O)[C@@H](N)C(C)(C)C)N1CCCC1. The highest BCUT2D eigenvalue weighted by Gasteiger charge is 2.28. The average molecular weight is 241 g/mol. The van der Waals surface area contributed by atoms with Gasteiger partial charge >= 0.3 is 0 Å². The monoisotopic (exact) mass is 241 g/mol. The number of nitrogens with zero attached hydrogens (tertiary/aromatic N) is 1. The summed E-state index contributed by atoms with van der Waals surface area (Å²) in [5, 5.41) is 2.96. The third-order valence-corrected chi connectivity index (χ3v) is 3.55. The van der Waals surface area contributed by atoms with Crippen LogP contribution in [0.25, 0.3) is 0 Å². The molecule has 1 aliphatic rings. The van der Waals surface area contributed by atoms with Gasteiger partial charge in [0, 0.05) is 12.6 Å². The molecule has 0 aliphatic carbocycles. The zero-order valence-corrected chi connectivity index (χ0v) is 11.6. The molecule has 0 bridgehead atoms. The van der Waals surface area contributed by atoms with Crippen molar-refractivity contribution >= 4 is 5.91 Å². The molecule has 0 aromatic heterocycles. The molecule has 0 spiro atoms. The fourth-order valence-corrected chi connectivity index (χ4v) is 2.06. The number of rotatable bonds is 4. The third kappa shape index (κ3) is 4.28. The van der Waals surface area contributed by atoms with Gasteiger partial charge in [0.05, 0.1) is 6.04 Å². The number of carbonyl (C=O) groups is 1. The standard InChI is InChI=1S/C13H27N3O/c1-10(16-7-5-6-8-16)9-15-12(17)11(14)13(2,3)4/h10-11H,5-9,14H2,1-4H3,(H,15,17)/t10?,11-/m1/s1. The normalized spacial score (nSPS) is 21.2. The molecule has 0 radical (unpaired) electrons. The lowest BCUT2D eigenvalue weighted by Crippen LogP contribution is -2.51. The molecule has 4 nitrogen and oxygen atoms in total. The van der Waals surface area contributed by atoms with Gasteiger partial charge < -0.3 is 11.1 Å². The smallest absolute Gasteiger partial charge is 0.237 e. The highest BCUT2D eigenvalue weighted by Crippen LogP contribution is 2.17. The number of hydrogen-bond donors (Lipinski definition) is 2. The van der Waals surface area contributed by atoms with Crippen LogP contribution < -0.4 is 11.1 Å². The second kappa shape index (κ2) is 5.83. The maximum atomic E-state index is 11.9. The Morgan fingerprint density at radius 3 is 2.35 bits per heavy atom. The molecule has 17 heavy (non-hydrogen) atoms. The topological polar surface area (TPSA) is 58.4 Å². The van der Waals surface area contributed by atoms with Gasteiger partial charge in [0.2, 0.25) is 5.91 Å². The number of amides is 1. The first-order valence-electron chi connectivity index (χ1n) is 6.59. The first-order valence-corrected chi connectivity index (χ1v) is 6.59. The van der Waals surface area contributed by atoms with E-state index in [0.29, 0.717) is 12.6 Å². The summed E-state index contributed by atoms with van der Waals surface area (Å²) in [4.78, 5) is 14.3. The van der Waals surface area contributed by atoms with Crippen LogP contribution in [-0.4, -0.2) is 42.5 Å². The van der Waals surface area contributed by atoms with E-state index in [-0.39, 0.29) is 11.3 Å². The molecule has 2 atom stereocenters. The van der Waals surface area contributed by atoms with Crippen LogP contribution in [0.4, 0.5) is 0 Å². The van der Waals surface area contributed by atoms with E-state index < -0.39 is 6.04 Å². The molecule has 1 rings (SSSR count). The number of nitrogens with two attached hydrogens (primary N) is 1. The van der Waals surface area contributed by atoms with E-state index in [1.54, 1.807) is 0 Å². The number of carbonyl (C=O) groups excluding carboxylic acids is 1. The van der Waals surface area contributed by atoms with Crippen LogP contribution in [0, 0.1) is 5.41 Å². The maximum Gasteiger partial charge on any atom is 0.237 e. The van der Waals surface area contributed by atoms with E-state index >= 15 is 0 Å². The molecule has 100 valence electrons. The van der Waals surface area contributed by atoms with Crippen molar-refractivity contribution in [3.8, 4) is 0 Å². The fraction of sp³-hybridized carbons (Fsp3) is 0.923. The lowest BCUT2D eigenvalue weighted by Gasteiger charge is -2.28. The van der Waals surface area contributed by atoms with Crippen molar-refractivity contribution in [3.63, 3.8) is 0 Å². The Labute approximate surface area is 105 Å². The van der Waals surface area contributed by atoms with Crippen LogP contribution in [0.3, 0.4) is 0 Å². The fourth-order valence-electron chi connectivity index (χ4n) is 2.06. The zero-order valence-electron chi connectivity index (χ0n) is 11.6. The van der Waals surface area contributed by atoms with Crippen LogP contribution in [0.15, 0.2) is 0 Å². The van der Waals surface area contributed by atoms with Gasteiger partial charge in [0.25, 0.3) is 0 Å². The van der Waals surface area contributed by atoms with Gasteiger partial charge in [-0.2, -0.15) is 0 Å². The number of likely N-dealkylation sites (tertiary alicyclic amines) is 1. The molecule has 1 aliphatic heterocycles. The molecule has 0 saturated carbocycles. The number of nitrogens with one attached hydrogen (secondary N) is 1. The summed E-state index contributed by atoms with van der Waals surface area (Å²) < 4.78 is 0. The van der Waals surface area contributed by atoms with Crippen molar-refractivity contribution in [1.82, 2.24) is 10.2 Å². The molecule has 0 aromatic rings. The minimum absolute atomic E-state index is 0.0384. The summed E-state index contributed by atoms with van der Waals surface area (Å²) in [5.41, 5.74) is 5.73. The first kappa shape index (κ1) is 14.5. The van der Waals surface area contributed by atoms with Crippen molar-refractivity contribution in [3.05, 3.63) is 0 Å². The molecular weight excluding hydrogens is 214 g/mol. The molecule has 0 aromatic carbocycles. The Bertz CT molecular complexity index is 254. The van der Waals surface area contributed by atoms with E-state index in [9.17, 15) is 4.79 Å².